The SMILES string of the molecule is COc1cccc2c1CC[C@H]2Nc1cc(C(F)(F)F)cn2cc(CO)nc12. The van der Waals surface area contributed by atoms with E-state index in [9.17, 15) is 18.3 Å². The number of hydrogen-bond acceptors (Lipinski definition) is 4. The van der Waals surface area contributed by atoms with Crippen LogP contribution in [0.15, 0.2) is 36.7 Å². The van der Waals surface area contributed by atoms with Gasteiger partial charge in [-0.15, -0.1) is 0 Å². The molecule has 27 heavy (non-hydrogen) atoms. The third-order valence-electron chi connectivity index (χ3n) is 4.87. The number of pyridine rings is 1. The molecule has 0 fully saturated rings. The summed E-state index contributed by atoms with van der Waals surface area (Å²) >= 11 is 0. The van der Waals surface area contributed by atoms with Crippen molar-refractivity contribution in [3.63, 3.8) is 0 Å². The molecule has 0 spiro atoms. The number of ether oxygens (including phenoxy) is 1. The fourth-order valence-corrected chi connectivity index (χ4v) is 3.64. The van der Waals surface area contributed by atoms with Crippen LogP contribution in [0.3, 0.4) is 0 Å². The van der Waals surface area contributed by atoms with Crippen molar-refractivity contribution in [1.29, 1.82) is 0 Å². The third-order valence-corrected chi connectivity index (χ3v) is 4.87. The van der Waals surface area contributed by atoms with Crippen LogP contribution in [0.2, 0.25) is 0 Å². The minimum atomic E-state index is -4.48. The number of aromatic nitrogens is 2. The van der Waals surface area contributed by atoms with Crippen molar-refractivity contribution in [3.05, 3.63) is 59.0 Å². The van der Waals surface area contributed by atoms with E-state index in [0.717, 1.165) is 42.0 Å². The van der Waals surface area contributed by atoms with Gasteiger partial charge in [0.2, 0.25) is 0 Å². The van der Waals surface area contributed by atoms with Crippen molar-refractivity contribution in [2.75, 3.05) is 12.4 Å². The first-order valence-electron chi connectivity index (χ1n) is 8.52. The van der Waals surface area contributed by atoms with E-state index in [-0.39, 0.29) is 18.3 Å². The Hall–Kier alpha value is -2.74. The van der Waals surface area contributed by atoms with Crippen LogP contribution in [-0.4, -0.2) is 21.6 Å². The van der Waals surface area contributed by atoms with Gasteiger partial charge in [-0.25, -0.2) is 4.98 Å². The molecule has 4 rings (SSSR count). The van der Waals surface area contributed by atoms with Gasteiger partial charge in [-0.1, -0.05) is 12.1 Å². The van der Waals surface area contributed by atoms with Crippen LogP contribution in [0.25, 0.3) is 5.65 Å². The fourth-order valence-electron chi connectivity index (χ4n) is 3.64. The molecule has 8 heteroatoms. The minimum Gasteiger partial charge on any atom is -0.496 e. The van der Waals surface area contributed by atoms with Gasteiger partial charge in [0.15, 0.2) is 5.65 Å². The summed E-state index contributed by atoms with van der Waals surface area (Å²) in [5.41, 5.74) is 2.25. The van der Waals surface area contributed by atoms with Crippen LogP contribution in [0, 0.1) is 0 Å². The third kappa shape index (κ3) is 3.10. The Kier molecular flexibility index (Phi) is 4.22. The summed E-state index contributed by atoms with van der Waals surface area (Å²) in [7, 11) is 1.60. The van der Waals surface area contributed by atoms with Gasteiger partial charge in [-0.05, 0) is 36.1 Å². The molecule has 0 saturated carbocycles. The van der Waals surface area contributed by atoms with Crippen LogP contribution in [0.1, 0.15) is 34.8 Å². The van der Waals surface area contributed by atoms with Crippen LogP contribution >= 0.6 is 0 Å². The van der Waals surface area contributed by atoms with E-state index in [1.165, 1.54) is 10.6 Å². The highest BCUT2D eigenvalue weighted by atomic mass is 19.4. The molecule has 0 saturated heterocycles. The van der Waals surface area contributed by atoms with Crippen molar-refractivity contribution in [2.45, 2.75) is 31.7 Å². The summed E-state index contributed by atoms with van der Waals surface area (Å²) in [5, 5.41) is 12.5. The number of nitrogens with one attached hydrogen (secondary N) is 1. The maximum Gasteiger partial charge on any atom is 0.417 e. The number of imidazole rings is 1. The molecule has 0 amide bonds. The number of anilines is 1. The molecule has 142 valence electrons. The molecule has 0 unspecified atom stereocenters. The second-order valence-electron chi connectivity index (χ2n) is 6.53. The molecule has 2 heterocycles. The van der Waals surface area contributed by atoms with Gasteiger partial charge >= 0.3 is 6.18 Å². The molecule has 0 aliphatic heterocycles. The van der Waals surface area contributed by atoms with Gasteiger partial charge in [-0.2, -0.15) is 13.2 Å². The first-order chi connectivity index (χ1) is 12.9. The lowest BCUT2D eigenvalue weighted by Crippen LogP contribution is -2.12. The molecule has 2 aromatic heterocycles. The van der Waals surface area contributed by atoms with E-state index in [1.807, 2.05) is 18.2 Å². The Morgan fingerprint density at radius 3 is 2.85 bits per heavy atom. The normalized spacial score (nSPS) is 16.6. The summed E-state index contributed by atoms with van der Waals surface area (Å²) in [6, 6.07) is 6.64. The lowest BCUT2D eigenvalue weighted by Gasteiger charge is -2.18. The van der Waals surface area contributed by atoms with Gasteiger partial charge in [-0.3, -0.25) is 0 Å². The molecular formula is C19H18F3N3O2. The molecule has 1 aliphatic carbocycles. The van der Waals surface area contributed by atoms with Crippen LogP contribution in [0.4, 0.5) is 18.9 Å². The molecule has 1 atom stereocenters. The van der Waals surface area contributed by atoms with Crippen molar-refractivity contribution in [3.8, 4) is 5.75 Å². The fraction of sp³-hybridized carbons (Fsp3) is 0.316. The van der Waals surface area contributed by atoms with Crippen molar-refractivity contribution < 1.29 is 23.0 Å². The number of rotatable bonds is 4. The maximum absolute atomic E-state index is 13.3. The van der Waals surface area contributed by atoms with E-state index in [4.69, 9.17) is 4.74 Å². The minimum absolute atomic E-state index is 0.142. The Morgan fingerprint density at radius 1 is 1.33 bits per heavy atom. The number of benzene rings is 1. The van der Waals surface area contributed by atoms with Crippen molar-refractivity contribution in [1.82, 2.24) is 9.38 Å². The number of alkyl halides is 3. The van der Waals surface area contributed by atoms with E-state index < -0.39 is 11.7 Å². The topological polar surface area (TPSA) is 58.8 Å². The first kappa shape index (κ1) is 17.7. The number of halogens is 3. The largest absolute Gasteiger partial charge is 0.496 e. The molecule has 2 N–H and O–H groups in total. The predicted molar refractivity (Wildman–Crippen MR) is 93.8 cm³/mol. The van der Waals surface area contributed by atoms with Crippen molar-refractivity contribution in [2.24, 2.45) is 0 Å². The average molecular weight is 377 g/mol. The zero-order valence-corrected chi connectivity index (χ0v) is 14.5. The monoisotopic (exact) mass is 377 g/mol. The van der Waals surface area contributed by atoms with Crippen LogP contribution in [0.5, 0.6) is 5.75 Å². The van der Waals surface area contributed by atoms with Crippen LogP contribution in [-0.2, 0) is 19.2 Å². The molecule has 0 radical (unpaired) electrons. The summed E-state index contributed by atoms with van der Waals surface area (Å²) < 4.78 is 46.6. The second-order valence-corrected chi connectivity index (χ2v) is 6.53. The van der Waals surface area contributed by atoms with Crippen molar-refractivity contribution >= 4 is 11.3 Å². The summed E-state index contributed by atoms with van der Waals surface area (Å²) in [4.78, 5) is 4.24. The molecule has 1 aliphatic rings. The summed E-state index contributed by atoms with van der Waals surface area (Å²) in [6.45, 7) is -0.341. The Morgan fingerprint density at radius 2 is 2.15 bits per heavy atom. The lowest BCUT2D eigenvalue weighted by molar-refractivity contribution is -0.137. The number of methoxy groups -OCH3 is 1. The number of aliphatic hydroxyl groups excluding tert-OH is 1. The molecule has 0 bridgehead atoms. The highest BCUT2D eigenvalue weighted by Crippen LogP contribution is 2.40. The lowest BCUT2D eigenvalue weighted by atomic mass is 10.1. The van der Waals surface area contributed by atoms with Gasteiger partial charge < -0.3 is 19.6 Å². The zero-order chi connectivity index (χ0) is 19.2. The first-order valence-corrected chi connectivity index (χ1v) is 8.52. The van der Waals surface area contributed by atoms with E-state index in [1.54, 1.807) is 7.11 Å². The number of fused-ring (bicyclic) bond motifs is 2. The smallest absolute Gasteiger partial charge is 0.417 e. The zero-order valence-electron chi connectivity index (χ0n) is 14.5. The maximum atomic E-state index is 13.3. The highest BCUT2D eigenvalue weighted by molar-refractivity contribution is 5.70. The number of hydrogen-bond donors (Lipinski definition) is 2. The standard InChI is InChI=1S/C19H18F3N3O2/c1-27-17-4-2-3-13-14(17)5-6-15(13)24-16-7-11(19(20,21)22)8-25-9-12(10-26)23-18(16)25/h2-4,7-9,15,24,26H,5-6,10H2,1H3/t15-/m1/s1. The number of aliphatic hydroxyl groups is 1. The van der Waals surface area contributed by atoms with E-state index in [2.05, 4.69) is 10.3 Å². The Balaban J connectivity index is 1.78. The Labute approximate surface area is 153 Å². The molecule has 1 aromatic carbocycles. The quantitative estimate of drug-likeness (QED) is 0.723. The highest BCUT2D eigenvalue weighted by Gasteiger charge is 2.33. The van der Waals surface area contributed by atoms with E-state index >= 15 is 0 Å². The summed E-state index contributed by atoms with van der Waals surface area (Å²) in [6.07, 6.45) is -0.570. The van der Waals surface area contributed by atoms with Crippen LogP contribution < -0.4 is 10.1 Å². The van der Waals surface area contributed by atoms with Gasteiger partial charge in [0.05, 0.1) is 36.7 Å². The van der Waals surface area contributed by atoms with Gasteiger partial charge in [0, 0.05) is 12.4 Å². The summed E-state index contributed by atoms with van der Waals surface area (Å²) in [5.74, 6) is 0.786. The second kappa shape index (κ2) is 6.45. The average Bonchev–Trinajstić information content (AvgIpc) is 3.24. The molecular weight excluding hydrogens is 359 g/mol. The predicted octanol–water partition coefficient (Wildman–Crippen LogP) is 3.95. The van der Waals surface area contributed by atoms with Gasteiger partial charge in [0.25, 0.3) is 0 Å². The Bertz CT molecular complexity index is 998. The van der Waals surface area contributed by atoms with Gasteiger partial charge in [0.1, 0.15) is 5.75 Å². The number of nitrogens with zero attached hydrogens (tertiary/aromatic N) is 2. The van der Waals surface area contributed by atoms with E-state index in [0.29, 0.717) is 11.3 Å². The molecule has 5 nitrogen and oxygen atoms in total. The molecule has 3 aromatic rings.